The zero-order valence-corrected chi connectivity index (χ0v) is 18.7. The minimum absolute atomic E-state index is 0.0558. The molecule has 168 valence electrons. The van der Waals surface area contributed by atoms with Crippen molar-refractivity contribution in [3.63, 3.8) is 0 Å². The number of fused-ring (bicyclic) bond motifs is 1. The Morgan fingerprint density at radius 3 is 2.75 bits per heavy atom. The molecule has 1 amide bonds. The van der Waals surface area contributed by atoms with Crippen LogP contribution in [0.2, 0.25) is 0 Å². The van der Waals surface area contributed by atoms with Crippen molar-refractivity contribution in [1.29, 1.82) is 0 Å². The zero-order valence-electron chi connectivity index (χ0n) is 17.9. The standard InChI is InChI=1S/C21H24N6O4S/c1-21(2)12-27(32(29,30)14-5-4-8-23-10-14)11-16-18(21)25-26-19(16)24-20(28)15-7-6-13(31-3)9-17(15)22/h4-10H,11-12,22H2,1-3H3,(H2,24,25,26,28). The summed E-state index contributed by atoms with van der Waals surface area (Å²) in [5.74, 6) is 0.345. The van der Waals surface area contributed by atoms with Crippen molar-refractivity contribution in [3.8, 4) is 5.75 Å². The maximum absolute atomic E-state index is 13.2. The molecule has 2 aromatic heterocycles. The Balaban J connectivity index is 1.66. The molecule has 4 rings (SSSR count). The minimum atomic E-state index is -3.78. The predicted octanol–water partition coefficient (Wildman–Crippen LogP) is 2.13. The third kappa shape index (κ3) is 3.80. The normalized spacial score (nSPS) is 15.7. The second-order valence-electron chi connectivity index (χ2n) is 8.18. The van der Waals surface area contributed by atoms with Crippen LogP contribution < -0.4 is 15.8 Å². The summed E-state index contributed by atoms with van der Waals surface area (Å²) in [6.45, 7) is 4.14. The highest BCUT2D eigenvalue weighted by atomic mass is 32.2. The van der Waals surface area contributed by atoms with Crippen molar-refractivity contribution in [2.45, 2.75) is 30.7 Å². The van der Waals surface area contributed by atoms with Gasteiger partial charge in [0.2, 0.25) is 10.0 Å². The Kier molecular flexibility index (Phi) is 5.39. The van der Waals surface area contributed by atoms with Crippen molar-refractivity contribution in [2.75, 3.05) is 24.7 Å². The summed E-state index contributed by atoms with van der Waals surface area (Å²) >= 11 is 0. The van der Waals surface area contributed by atoms with Gasteiger partial charge < -0.3 is 15.8 Å². The van der Waals surface area contributed by atoms with Crippen LogP contribution in [0.15, 0.2) is 47.6 Å². The number of rotatable bonds is 5. The highest BCUT2D eigenvalue weighted by molar-refractivity contribution is 7.89. The van der Waals surface area contributed by atoms with Crippen molar-refractivity contribution in [3.05, 3.63) is 59.5 Å². The van der Waals surface area contributed by atoms with Gasteiger partial charge in [-0.1, -0.05) is 13.8 Å². The fraction of sp³-hybridized carbons (Fsp3) is 0.286. The molecule has 0 unspecified atom stereocenters. The lowest BCUT2D eigenvalue weighted by atomic mass is 9.84. The minimum Gasteiger partial charge on any atom is -0.497 e. The number of nitrogen functional groups attached to an aromatic ring is 1. The van der Waals surface area contributed by atoms with Crippen LogP contribution in [-0.2, 0) is 22.0 Å². The highest BCUT2D eigenvalue weighted by Gasteiger charge is 2.41. The molecule has 0 saturated heterocycles. The molecule has 0 aliphatic carbocycles. The maximum Gasteiger partial charge on any atom is 0.258 e. The number of benzene rings is 1. The van der Waals surface area contributed by atoms with E-state index in [0.717, 1.165) is 5.69 Å². The Labute approximate surface area is 185 Å². The van der Waals surface area contributed by atoms with Crippen LogP contribution in [-0.4, -0.2) is 47.5 Å². The third-order valence-corrected chi connectivity index (χ3v) is 7.23. The molecule has 3 aromatic rings. The number of hydrogen-bond acceptors (Lipinski definition) is 7. The fourth-order valence-corrected chi connectivity index (χ4v) is 5.34. The van der Waals surface area contributed by atoms with Gasteiger partial charge in [-0.2, -0.15) is 9.40 Å². The number of pyridine rings is 1. The van der Waals surface area contributed by atoms with Crippen molar-refractivity contribution >= 4 is 27.4 Å². The van der Waals surface area contributed by atoms with E-state index in [9.17, 15) is 13.2 Å². The van der Waals surface area contributed by atoms with Gasteiger partial charge in [0.05, 0.1) is 12.7 Å². The number of nitrogens with two attached hydrogens (primary N) is 1. The zero-order chi connectivity index (χ0) is 23.1. The number of ether oxygens (including phenoxy) is 1. The quantitative estimate of drug-likeness (QED) is 0.499. The number of nitrogens with zero attached hydrogens (tertiary/aromatic N) is 3. The number of methoxy groups -OCH3 is 1. The lowest BCUT2D eigenvalue weighted by Crippen LogP contribution is -2.45. The van der Waals surface area contributed by atoms with E-state index < -0.39 is 21.3 Å². The van der Waals surface area contributed by atoms with E-state index >= 15 is 0 Å². The predicted molar refractivity (Wildman–Crippen MR) is 119 cm³/mol. The van der Waals surface area contributed by atoms with Gasteiger partial charge >= 0.3 is 0 Å². The van der Waals surface area contributed by atoms with Crippen LogP contribution in [0.1, 0.15) is 35.5 Å². The molecule has 1 aliphatic heterocycles. The van der Waals surface area contributed by atoms with Crippen LogP contribution in [0, 0.1) is 0 Å². The first kappa shape index (κ1) is 21.8. The summed E-state index contributed by atoms with van der Waals surface area (Å²) in [6, 6.07) is 7.84. The average molecular weight is 457 g/mol. The van der Waals surface area contributed by atoms with E-state index in [-0.39, 0.29) is 35.1 Å². The van der Waals surface area contributed by atoms with Gasteiger partial charge in [0.1, 0.15) is 10.6 Å². The maximum atomic E-state index is 13.2. The summed E-state index contributed by atoms with van der Waals surface area (Å²) in [6.07, 6.45) is 2.84. The number of amides is 1. The van der Waals surface area contributed by atoms with Crippen LogP contribution in [0.25, 0.3) is 0 Å². The molecular weight excluding hydrogens is 432 g/mol. The number of nitrogens with one attached hydrogen (secondary N) is 2. The van der Waals surface area contributed by atoms with Crippen LogP contribution in [0.5, 0.6) is 5.75 Å². The number of anilines is 2. The SMILES string of the molecule is COc1ccc(C(=O)Nc2n[nH]c3c2CN(S(=O)(=O)c2cccnc2)CC3(C)C)c(N)c1. The average Bonchev–Trinajstić information content (AvgIpc) is 3.17. The van der Waals surface area contributed by atoms with Crippen LogP contribution >= 0.6 is 0 Å². The second-order valence-corrected chi connectivity index (χ2v) is 10.1. The summed E-state index contributed by atoms with van der Waals surface area (Å²) in [5, 5.41) is 9.98. The molecule has 0 atom stereocenters. The van der Waals surface area contributed by atoms with Gasteiger partial charge in [0, 0.05) is 53.9 Å². The van der Waals surface area contributed by atoms with Crippen molar-refractivity contribution < 1.29 is 17.9 Å². The molecule has 1 aromatic carbocycles. The molecular formula is C21H24N6O4S. The Hall–Kier alpha value is -3.44. The summed E-state index contributed by atoms with van der Waals surface area (Å²) in [4.78, 5) is 16.9. The van der Waals surface area contributed by atoms with Gasteiger partial charge in [-0.15, -0.1) is 0 Å². The Bertz CT molecular complexity index is 1270. The van der Waals surface area contributed by atoms with Gasteiger partial charge in [-0.3, -0.25) is 14.9 Å². The number of carbonyl (C=O) groups is 1. The number of sulfonamides is 1. The van der Waals surface area contributed by atoms with Crippen LogP contribution in [0.3, 0.4) is 0 Å². The van der Waals surface area contributed by atoms with Crippen molar-refractivity contribution in [2.24, 2.45) is 0 Å². The van der Waals surface area contributed by atoms with E-state index in [1.54, 1.807) is 24.3 Å². The molecule has 10 nitrogen and oxygen atoms in total. The largest absolute Gasteiger partial charge is 0.497 e. The number of aromatic amines is 1. The van der Waals surface area contributed by atoms with Gasteiger partial charge in [0.15, 0.2) is 5.82 Å². The Morgan fingerprint density at radius 2 is 2.09 bits per heavy atom. The third-order valence-electron chi connectivity index (χ3n) is 5.46. The molecule has 0 radical (unpaired) electrons. The van der Waals surface area contributed by atoms with Crippen LogP contribution in [0.4, 0.5) is 11.5 Å². The van der Waals surface area contributed by atoms with E-state index in [1.165, 1.54) is 29.9 Å². The first-order chi connectivity index (χ1) is 15.1. The molecule has 11 heteroatoms. The summed E-state index contributed by atoms with van der Waals surface area (Å²) in [5.41, 5.74) is 7.33. The number of H-pyrrole nitrogens is 1. The lowest BCUT2D eigenvalue weighted by Gasteiger charge is -2.36. The van der Waals surface area contributed by atoms with E-state index in [1.807, 2.05) is 13.8 Å². The second kappa shape index (κ2) is 7.92. The number of aromatic nitrogens is 3. The van der Waals surface area contributed by atoms with Gasteiger partial charge in [-0.25, -0.2) is 8.42 Å². The smallest absolute Gasteiger partial charge is 0.258 e. The summed E-state index contributed by atoms with van der Waals surface area (Å²) in [7, 11) is -2.27. The molecule has 0 fully saturated rings. The first-order valence-electron chi connectivity index (χ1n) is 9.86. The first-order valence-corrected chi connectivity index (χ1v) is 11.3. The molecule has 0 spiro atoms. The van der Waals surface area contributed by atoms with E-state index in [2.05, 4.69) is 20.5 Å². The molecule has 4 N–H and O–H groups in total. The lowest BCUT2D eigenvalue weighted by molar-refractivity contribution is 0.102. The molecule has 0 saturated carbocycles. The van der Waals surface area contributed by atoms with Crippen molar-refractivity contribution in [1.82, 2.24) is 19.5 Å². The molecule has 3 heterocycles. The monoisotopic (exact) mass is 456 g/mol. The number of carbonyl (C=O) groups excluding carboxylic acids is 1. The van der Waals surface area contributed by atoms with E-state index in [4.69, 9.17) is 10.5 Å². The van der Waals surface area contributed by atoms with Gasteiger partial charge in [0.25, 0.3) is 5.91 Å². The van der Waals surface area contributed by atoms with Gasteiger partial charge in [-0.05, 0) is 24.3 Å². The fourth-order valence-electron chi connectivity index (χ4n) is 3.80. The molecule has 1 aliphatic rings. The topological polar surface area (TPSA) is 143 Å². The summed E-state index contributed by atoms with van der Waals surface area (Å²) < 4.78 is 32.9. The Morgan fingerprint density at radius 1 is 1.31 bits per heavy atom. The highest BCUT2D eigenvalue weighted by Crippen LogP contribution is 2.37. The molecule has 0 bridgehead atoms. The number of hydrogen-bond donors (Lipinski definition) is 3. The van der Waals surface area contributed by atoms with E-state index in [0.29, 0.717) is 11.3 Å². The molecule has 32 heavy (non-hydrogen) atoms.